The van der Waals surface area contributed by atoms with Gasteiger partial charge in [0, 0.05) is 19.3 Å². The summed E-state index contributed by atoms with van der Waals surface area (Å²) in [5, 5.41) is 6.86. The van der Waals surface area contributed by atoms with Crippen LogP contribution < -0.4 is 5.32 Å². The lowest BCUT2D eigenvalue weighted by Gasteiger charge is -1.97. The maximum Gasteiger partial charge on any atom is 0.271 e. The molecule has 0 aliphatic heterocycles. The predicted octanol–water partition coefficient (Wildman–Crippen LogP) is 2.36. The molecule has 1 heterocycles. The van der Waals surface area contributed by atoms with Gasteiger partial charge in [-0.05, 0) is 18.9 Å². The molecule has 1 aromatic rings. The second-order valence-electron chi connectivity index (χ2n) is 3.12. The van der Waals surface area contributed by atoms with Gasteiger partial charge in [-0.25, -0.2) is 0 Å². The molecule has 1 aliphatic carbocycles. The SMILES string of the molecule is CC.CC.Cn1ccc(C(=O)NC2CC2)n1. The highest BCUT2D eigenvalue weighted by molar-refractivity contribution is 5.92. The van der Waals surface area contributed by atoms with E-state index < -0.39 is 0 Å². The number of carbonyl (C=O) groups excluding carboxylic acids is 1. The molecule has 0 saturated heterocycles. The number of aryl methyl sites for hydroxylation is 1. The molecule has 1 amide bonds. The summed E-state index contributed by atoms with van der Waals surface area (Å²) in [5.74, 6) is -0.0573. The summed E-state index contributed by atoms with van der Waals surface area (Å²) in [6.07, 6.45) is 3.99. The number of aromatic nitrogens is 2. The maximum absolute atomic E-state index is 11.3. The Hall–Kier alpha value is -1.32. The molecule has 2 rings (SSSR count). The molecule has 0 spiro atoms. The Kier molecular flexibility index (Phi) is 7.25. The quantitative estimate of drug-likeness (QED) is 0.840. The largest absolute Gasteiger partial charge is 0.348 e. The maximum atomic E-state index is 11.3. The van der Waals surface area contributed by atoms with Gasteiger partial charge in [0.05, 0.1) is 0 Å². The van der Waals surface area contributed by atoms with Gasteiger partial charge in [0.1, 0.15) is 5.69 Å². The van der Waals surface area contributed by atoms with Crippen LogP contribution in [0.15, 0.2) is 12.3 Å². The van der Waals surface area contributed by atoms with Gasteiger partial charge < -0.3 is 5.32 Å². The third kappa shape index (κ3) is 4.96. The summed E-state index contributed by atoms with van der Waals surface area (Å²) in [5.41, 5.74) is 0.504. The molecule has 0 atom stereocenters. The van der Waals surface area contributed by atoms with Gasteiger partial charge in [-0.15, -0.1) is 0 Å². The van der Waals surface area contributed by atoms with Gasteiger partial charge >= 0.3 is 0 Å². The fourth-order valence-corrected chi connectivity index (χ4v) is 1.02. The van der Waals surface area contributed by atoms with Crippen molar-refractivity contribution in [2.75, 3.05) is 0 Å². The van der Waals surface area contributed by atoms with Crippen molar-refractivity contribution in [2.45, 2.75) is 46.6 Å². The Morgan fingerprint density at radius 1 is 1.38 bits per heavy atom. The minimum atomic E-state index is -0.0573. The molecule has 1 fully saturated rings. The summed E-state index contributed by atoms with van der Waals surface area (Å²) < 4.78 is 1.63. The molecule has 0 unspecified atom stereocenters. The van der Waals surface area contributed by atoms with E-state index in [1.54, 1.807) is 24.0 Å². The number of nitrogens with zero attached hydrogens (tertiary/aromatic N) is 2. The highest BCUT2D eigenvalue weighted by atomic mass is 16.2. The van der Waals surface area contributed by atoms with Crippen LogP contribution in [0.5, 0.6) is 0 Å². The summed E-state index contributed by atoms with van der Waals surface area (Å²) in [6, 6.07) is 2.12. The fourth-order valence-electron chi connectivity index (χ4n) is 1.02. The normalized spacial score (nSPS) is 12.8. The number of hydrogen-bond acceptors (Lipinski definition) is 2. The Labute approximate surface area is 98.0 Å². The summed E-state index contributed by atoms with van der Waals surface area (Å²) in [7, 11) is 1.80. The van der Waals surface area contributed by atoms with Crippen LogP contribution in [0.25, 0.3) is 0 Å². The molecule has 92 valence electrons. The van der Waals surface area contributed by atoms with E-state index in [1.165, 1.54) is 0 Å². The first kappa shape index (κ1) is 14.7. The van der Waals surface area contributed by atoms with Crippen molar-refractivity contribution in [1.82, 2.24) is 15.1 Å². The van der Waals surface area contributed by atoms with Gasteiger partial charge in [-0.3, -0.25) is 9.48 Å². The number of carbonyl (C=O) groups is 1. The van der Waals surface area contributed by atoms with Crippen LogP contribution in [0.1, 0.15) is 51.0 Å². The topological polar surface area (TPSA) is 46.9 Å². The minimum absolute atomic E-state index is 0.0573. The van der Waals surface area contributed by atoms with Crippen molar-refractivity contribution in [1.29, 1.82) is 0 Å². The van der Waals surface area contributed by atoms with E-state index in [4.69, 9.17) is 0 Å². The lowest BCUT2D eigenvalue weighted by Crippen LogP contribution is -2.25. The lowest BCUT2D eigenvalue weighted by atomic mass is 10.4. The summed E-state index contributed by atoms with van der Waals surface area (Å²) in [6.45, 7) is 8.00. The molecule has 16 heavy (non-hydrogen) atoms. The Morgan fingerprint density at radius 3 is 2.31 bits per heavy atom. The number of rotatable bonds is 2. The average molecular weight is 225 g/mol. The van der Waals surface area contributed by atoms with Crippen molar-refractivity contribution in [3.63, 3.8) is 0 Å². The van der Waals surface area contributed by atoms with Crippen molar-refractivity contribution < 1.29 is 4.79 Å². The highest BCUT2D eigenvalue weighted by Gasteiger charge is 2.24. The molecule has 1 aliphatic rings. The van der Waals surface area contributed by atoms with Crippen LogP contribution in [0.4, 0.5) is 0 Å². The van der Waals surface area contributed by atoms with Crippen LogP contribution in [0, 0.1) is 0 Å². The van der Waals surface area contributed by atoms with Gasteiger partial charge in [-0.2, -0.15) is 5.10 Å². The third-order valence-corrected chi connectivity index (χ3v) is 1.86. The highest BCUT2D eigenvalue weighted by Crippen LogP contribution is 2.18. The van der Waals surface area contributed by atoms with E-state index in [9.17, 15) is 4.79 Å². The number of amides is 1. The van der Waals surface area contributed by atoms with Crippen LogP contribution in [-0.2, 0) is 7.05 Å². The van der Waals surface area contributed by atoms with Crippen LogP contribution in [0.3, 0.4) is 0 Å². The molecule has 4 heteroatoms. The molecule has 4 nitrogen and oxygen atoms in total. The molecule has 1 N–H and O–H groups in total. The monoisotopic (exact) mass is 225 g/mol. The molecule has 1 aromatic heterocycles. The Balaban J connectivity index is 0.000000509. The molecular weight excluding hydrogens is 202 g/mol. The molecule has 0 aromatic carbocycles. The Bertz CT molecular complexity index is 303. The summed E-state index contributed by atoms with van der Waals surface area (Å²) in [4.78, 5) is 11.3. The number of hydrogen-bond donors (Lipinski definition) is 1. The van der Waals surface area contributed by atoms with Crippen molar-refractivity contribution in [3.05, 3.63) is 18.0 Å². The Morgan fingerprint density at radius 2 is 1.94 bits per heavy atom. The second kappa shape index (κ2) is 7.91. The smallest absolute Gasteiger partial charge is 0.271 e. The van der Waals surface area contributed by atoms with Gasteiger partial charge in [-0.1, -0.05) is 27.7 Å². The van der Waals surface area contributed by atoms with E-state index in [0.29, 0.717) is 11.7 Å². The first-order valence-corrected chi connectivity index (χ1v) is 6.06. The van der Waals surface area contributed by atoms with Gasteiger partial charge in [0.15, 0.2) is 0 Å². The van der Waals surface area contributed by atoms with Gasteiger partial charge in [0.2, 0.25) is 0 Å². The van der Waals surface area contributed by atoms with E-state index in [2.05, 4.69) is 10.4 Å². The minimum Gasteiger partial charge on any atom is -0.348 e. The van der Waals surface area contributed by atoms with Crippen LogP contribution in [-0.4, -0.2) is 21.7 Å². The first-order valence-electron chi connectivity index (χ1n) is 6.06. The zero-order valence-electron chi connectivity index (χ0n) is 10.9. The van der Waals surface area contributed by atoms with Crippen molar-refractivity contribution >= 4 is 5.91 Å². The van der Waals surface area contributed by atoms with Crippen LogP contribution in [0.2, 0.25) is 0 Å². The second-order valence-corrected chi connectivity index (χ2v) is 3.12. The lowest BCUT2D eigenvalue weighted by molar-refractivity contribution is 0.0945. The van der Waals surface area contributed by atoms with Gasteiger partial charge in [0.25, 0.3) is 5.91 Å². The molecule has 0 bridgehead atoms. The predicted molar refractivity (Wildman–Crippen MR) is 66.4 cm³/mol. The number of nitrogens with one attached hydrogen (secondary N) is 1. The van der Waals surface area contributed by atoms with Crippen molar-refractivity contribution in [3.8, 4) is 0 Å². The summed E-state index contributed by atoms with van der Waals surface area (Å²) >= 11 is 0. The van der Waals surface area contributed by atoms with E-state index in [1.807, 2.05) is 27.7 Å². The standard InChI is InChI=1S/C8H11N3O.2C2H6/c1-11-5-4-7(10-11)8(12)9-6-2-3-6;2*1-2/h4-6H,2-3H2,1H3,(H,9,12);2*1-2H3. The average Bonchev–Trinajstić information content (AvgIpc) is 3.03. The molecule has 1 saturated carbocycles. The van der Waals surface area contributed by atoms with E-state index >= 15 is 0 Å². The van der Waals surface area contributed by atoms with Crippen molar-refractivity contribution in [2.24, 2.45) is 7.05 Å². The zero-order chi connectivity index (χ0) is 12.6. The zero-order valence-corrected chi connectivity index (χ0v) is 10.9. The fraction of sp³-hybridized carbons (Fsp3) is 0.667. The van der Waals surface area contributed by atoms with E-state index in [-0.39, 0.29) is 5.91 Å². The van der Waals surface area contributed by atoms with Crippen LogP contribution >= 0.6 is 0 Å². The van der Waals surface area contributed by atoms with E-state index in [0.717, 1.165) is 12.8 Å². The molecular formula is C12H23N3O. The first-order chi connectivity index (χ1) is 7.75. The third-order valence-electron chi connectivity index (χ3n) is 1.86. The molecule has 0 radical (unpaired) electrons.